The number of nitrogen functional groups attached to an aromatic ring is 1. The number of nitrogens with one attached hydrogen (secondary N) is 2. The lowest BCUT2D eigenvalue weighted by atomic mass is 10.5. The molecule has 1 unspecified atom stereocenters. The topological polar surface area (TPSA) is 91.9 Å². The molecular formula is C8H14N4OS. The van der Waals surface area contributed by atoms with E-state index in [0.717, 1.165) is 0 Å². The highest BCUT2D eigenvalue weighted by Gasteiger charge is 2.14. The first-order valence-electron chi connectivity index (χ1n) is 4.19. The van der Waals surface area contributed by atoms with Gasteiger partial charge < -0.3 is 5.43 Å². The predicted molar refractivity (Wildman–Crippen MR) is 56.3 cm³/mol. The molecule has 1 aromatic rings. The smallest absolute Gasteiger partial charge is 0.139 e. The molecule has 0 radical (unpaired) electrons. The molecule has 0 fully saturated rings. The first-order chi connectivity index (χ1) is 6.48. The van der Waals surface area contributed by atoms with Crippen molar-refractivity contribution < 1.29 is 4.21 Å². The summed E-state index contributed by atoms with van der Waals surface area (Å²) in [6.07, 6.45) is 1.42. The number of nitrogens with two attached hydrogens (primary N) is 1. The van der Waals surface area contributed by atoms with E-state index in [1.165, 1.54) is 6.20 Å². The standard InChI is InChI=1S/C8H14N4OS/c1-6(2)14(10,13)7-3-4-8(12-9)11-5-7/h3-6,10H,9H2,1-2H3,(H,11,12). The van der Waals surface area contributed by atoms with Crippen LogP contribution in [0.25, 0.3) is 0 Å². The SMILES string of the molecule is CC(C)S(=N)(=O)c1ccc(NN)nc1. The van der Waals surface area contributed by atoms with Crippen molar-refractivity contribution in [3.05, 3.63) is 18.3 Å². The van der Waals surface area contributed by atoms with Gasteiger partial charge >= 0.3 is 0 Å². The number of anilines is 1. The van der Waals surface area contributed by atoms with E-state index >= 15 is 0 Å². The van der Waals surface area contributed by atoms with Crippen LogP contribution in [0.4, 0.5) is 5.82 Å². The van der Waals surface area contributed by atoms with Crippen LogP contribution in [-0.4, -0.2) is 14.4 Å². The monoisotopic (exact) mass is 214 g/mol. The van der Waals surface area contributed by atoms with Gasteiger partial charge in [0.05, 0.1) is 14.6 Å². The maximum atomic E-state index is 11.9. The first kappa shape index (κ1) is 10.9. The Morgan fingerprint density at radius 1 is 1.57 bits per heavy atom. The highest BCUT2D eigenvalue weighted by molar-refractivity contribution is 7.93. The molecule has 78 valence electrons. The molecule has 0 saturated carbocycles. The van der Waals surface area contributed by atoms with Gasteiger partial charge in [-0.05, 0) is 26.0 Å². The molecule has 0 spiro atoms. The molecule has 0 bridgehead atoms. The van der Waals surface area contributed by atoms with E-state index in [1.54, 1.807) is 26.0 Å². The summed E-state index contributed by atoms with van der Waals surface area (Å²) in [5.41, 5.74) is 2.37. The molecule has 0 aromatic carbocycles. The van der Waals surface area contributed by atoms with Gasteiger partial charge in [0.1, 0.15) is 5.82 Å². The van der Waals surface area contributed by atoms with E-state index in [9.17, 15) is 4.21 Å². The van der Waals surface area contributed by atoms with Crippen molar-refractivity contribution in [3.8, 4) is 0 Å². The Balaban J connectivity index is 3.10. The highest BCUT2D eigenvalue weighted by atomic mass is 32.2. The number of hydrazine groups is 1. The van der Waals surface area contributed by atoms with E-state index in [4.69, 9.17) is 10.6 Å². The Hall–Kier alpha value is -1.14. The lowest BCUT2D eigenvalue weighted by molar-refractivity contribution is 0.667. The minimum absolute atomic E-state index is 0.221. The van der Waals surface area contributed by atoms with Crippen LogP contribution in [0.15, 0.2) is 23.2 Å². The van der Waals surface area contributed by atoms with Gasteiger partial charge in [-0.25, -0.2) is 19.8 Å². The van der Waals surface area contributed by atoms with E-state index in [-0.39, 0.29) is 5.25 Å². The molecule has 5 nitrogen and oxygen atoms in total. The first-order valence-corrected chi connectivity index (χ1v) is 5.81. The van der Waals surface area contributed by atoms with Gasteiger partial charge in [0.25, 0.3) is 0 Å². The van der Waals surface area contributed by atoms with Gasteiger partial charge in [-0.1, -0.05) is 0 Å². The van der Waals surface area contributed by atoms with Crippen LogP contribution in [0, 0.1) is 4.78 Å². The van der Waals surface area contributed by atoms with Crippen molar-refractivity contribution in [3.63, 3.8) is 0 Å². The van der Waals surface area contributed by atoms with Crippen molar-refractivity contribution in [2.24, 2.45) is 5.84 Å². The molecule has 4 N–H and O–H groups in total. The molecular weight excluding hydrogens is 200 g/mol. The number of rotatable bonds is 3. The summed E-state index contributed by atoms with van der Waals surface area (Å²) in [5.74, 6) is 5.63. The van der Waals surface area contributed by atoms with Crippen LogP contribution in [0.2, 0.25) is 0 Å². The van der Waals surface area contributed by atoms with Gasteiger partial charge in [-0.15, -0.1) is 0 Å². The van der Waals surface area contributed by atoms with Crippen LogP contribution in [0.5, 0.6) is 0 Å². The van der Waals surface area contributed by atoms with Gasteiger partial charge in [0.2, 0.25) is 0 Å². The number of nitrogens with zero attached hydrogens (tertiary/aromatic N) is 1. The zero-order valence-electron chi connectivity index (χ0n) is 8.15. The van der Waals surface area contributed by atoms with Crippen molar-refractivity contribution in [2.75, 3.05) is 5.43 Å². The van der Waals surface area contributed by atoms with Gasteiger partial charge in [-0.3, -0.25) is 0 Å². The maximum absolute atomic E-state index is 11.9. The average molecular weight is 214 g/mol. The summed E-state index contributed by atoms with van der Waals surface area (Å²) in [7, 11) is -2.73. The zero-order chi connectivity index (χ0) is 10.8. The summed E-state index contributed by atoms with van der Waals surface area (Å²) in [5, 5.41) is -0.221. The maximum Gasteiger partial charge on any atom is 0.139 e. The number of hydrogen-bond donors (Lipinski definition) is 3. The van der Waals surface area contributed by atoms with E-state index in [2.05, 4.69) is 10.4 Å². The fraction of sp³-hybridized carbons (Fsp3) is 0.375. The second kappa shape index (κ2) is 3.93. The van der Waals surface area contributed by atoms with Crippen LogP contribution in [-0.2, 0) is 9.73 Å². The molecule has 0 aliphatic carbocycles. The van der Waals surface area contributed by atoms with Gasteiger partial charge in [-0.2, -0.15) is 0 Å². The van der Waals surface area contributed by atoms with Crippen LogP contribution in [0.3, 0.4) is 0 Å². The zero-order valence-corrected chi connectivity index (χ0v) is 8.97. The molecule has 1 heterocycles. The Morgan fingerprint density at radius 2 is 2.21 bits per heavy atom. The molecule has 1 atom stereocenters. The predicted octanol–water partition coefficient (Wildman–Crippen LogP) is 1.18. The van der Waals surface area contributed by atoms with Gasteiger partial charge in [0.15, 0.2) is 0 Å². The second-order valence-corrected chi connectivity index (χ2v) is 5.79. The number of hydrogen-bond acceptors (Lipinski definition) is 5. The molecule has 6 heteroatoms. The van der Waals surface area contributed by atoms with Crippen molar-refractivity contribution in [2.45, 2.75) is 24.0 Å². The third-order valence-electron chi connectivity index (χ3n) is 1.90. The van der Waals surface area contributed by atoms with Crippen molar-refractivity contribution >= 4 is 15.5 Å². The fourth-order valence-electron chi connectivity index (χ4n) is 0.917. The minimum Gasteiger partial charge on any atom is -0.308 e. The Morgan fingerprint density at radius 3 is 2.57 bits per heavy atom. The van der Waals surface area contributed by atoms with Crippen LogP contribution < -0.4 is 11.3 Å². The molecule has 0 saturated heterocycles. The quantitative estimate of drug-likeness (QED) is 0.520. The summed E-state index contributed by atoms with van der Waals surface area (Å²) >= 11 is 0. The molecule has 14 heavy (non-hydrogen) atoms. The summed E-state index contributed by atoms with van der Waals surface area (Å²) in [6.45, 7) is 3.51. The largest absolute Gasteiger partial charge is 0.308 e. The summed E-state index contributed by atoms with van der Waals surface area (Å²) < 4.78 is 19.5. The van der Waals surface area contributed by atoms with E-state index < -0.39 is 9.73 Å². The normalized spacial score (nSPS) is 15.1. The molecule has 0 amide bonds. The number of aromatic nitrogens is 1. The van der Waals surface area contributed by atoms with E-state index in [0.29, 0.717) is 10.7 Å². The molecule has 0 aliphatic rings. The molecule has 1 aromatic heterocycles. The van der Waals surface area contributed by atoms with Crippen molar-refractivity contribution in [1.82, 2.24) is 4.98 Å². The van der Waals surface area contributed by atoms with Crippen LogP contribution in [0.1, 0.15) is 13.8 Å². The Kier molecular flexibility index (Phi) is 3.07. The summed E-state index contributed by atoms with van der Waals surface area (Å²) in [6, 6.07) is 3.21. The molecule has 1 rings (SSSR count). The van der Waals surface area contributed by atoms with E-state index in [1.807, 2.05) is 0 Å². The number of pyridine rings is 1. The second-order valence-electron chi connectivity index (χ2n) is 3.17. The Labute approximate surface area is 83.7 Å². The van der Waals surface area contributed by atoms with Gasteiger partial charge in [0, 0.05) is 11.4 Å². The lowest BCUT2D eigenvalue weighted by Gasteiger charge is -2.10. The van der Waals surface area contributed by atoms with Crippen LogP contribution >= 0.6 is 0 Å². The molecule has 0 aliphatic heterocycles. The fourth-order valence-corrected chi connectivity index (χ4v) is 1.94. The Bertz CT molecular complexity index is 396. The van der Waals surface area contributed by atoms with Crippen molar-refractivity contribution in [1.29, 1.82) is 4.78 Å². The third-order valence-corrected chi connectivity index (χ3v) is 4.17. The summed E-state index contributed by atoms with van der Waals surface area (Å²) in [4.78, 5) is 4.35. The third kappa shape index (κ3) is 2.02. The highest BCUT2D eigenvalue weighted by Crippen LogP contribution is 2.16. The lowest BCUT2D eigenvalue weighted by Crippen LogP contribution is -2.13. The average Bonchev–Trinajstić information content (AvgIpc) is 2.17. The minimum atomic E-state index is -2.73.